The Morgan fingerprint density at radius 1 is 1.11 bits per heavy atom. The number of amides is 3. The Morgan fingerprint density at radius 2 is 1.78 bits per heavy atom. The van der Waals surface area contributed by atoms with Crippen LogP contribution in [0.25, 0.3) is 0 Å². The van der Waals surface area contributed by atoms with Crippen LogP contribution in [0.2, 0.25) is 0 Å². The van der Waals surface area contributed by atoms with Crippen LogP contribution in [0.15, 0.2) is 0 Å². The Labute approximate surface area is 107 Å². The van der Waals surface area contributed by atoms with E-state index >= 15 is 0 Å². The molecule has 0 radical (unpaired) electrons. The first-order valence-electron chi connectivity index (χ1n) is 6.02. The minimum absolute atomic E-state index is 0.101. The van der Waals surface area contributed by atoms with E-state index in [1.165, 1.54) is 0 Å². The fourth-order valence-corrected chi connectivity index (χ4v) is 1.08. The van der Waals surface area contributed by atoms with Gasteiger partial charge in [-0.1, -0.05) is 6.92 Å². The van der Waals surface area contributed by atoms with E-state index in [0.29, 0.717) is 0 Å². The molecule has 0 spiro atoms. The smallest absolute Gasteiger partial charge is 0.239 e. The van der Waals surface area contributed by atoms with Crippen molar-refractivity contribution < 1.29 is 14.4 Å². The molecule has 5 N–H and O–H groups in total. The molecule has 0 aromatic carbocycles. The van der Waals surface area contributed by atoms with Gasteiger partial charge in [-0.15, -0.1) is 0 Å². The Hall–Kier alpha value is -1.63. The molecule has 0 heterocycles. The molecule has 7 heteroatoms. The van der Waals surface area contributed by atoms with Crippen molar-refractivity contribution in [3.63, 3.8) is 0 Å². The third kappa shape index (κ3) is 8.51. The number of carbonyl (C=O) groups excluding carboxylic acids is 3. The van der Waals surface area contributed by atoms with Crippen molar-refractivity contribution >= 4 is 17.7 Å². The predicted molar refractivity (Wildman–Crippen MR) is 67.6 cm³/mol. The average Bonchev–Trinajstić information content (AvgIpc) is 2.35. The van der Waals surface area contributed by atoms with Gasteiger partial charge in [0.25, 0.3) is 0 Å². The van der Waals surface area contributed by atoms with Crippen molar-refractivity contribution in [2.24, 2.45) is 5.73 Å². The predicted octanol–water partition coefficient (Wildman–Crippen LogP) is -1.52. The summed E-state index contributed by atoms with van der Waals surface area (Å²) in [6.07, 6.45) is 1.09. The van der Waals surface area contributed by atoms with E-state index in [1.54, 1.807) is 0 Å². The molecule has 1 atom stereocenters. The molecule has 18 heavy (non-hydrogen) atoms. The quantitative estimate of drug-likeness (QED) is 0.423. The summed E-state index contributed by atoms with van der Waals surface area (Å²) in [7, 11) is 0. The maximum Gasteiger partial charge on any atom is 0.239 e. The highest BCUT2D eigenvalue weighted by atomic mass is 16.2. The van der Waals surface area contributed by atoms with E-state index < -0.39 is 0 Å². The maximum absolute atomic E-state index is 11.4. The first-order valence-corrected chi connectivity index (χ1v) is 6.02. The molecule has 0 rings (SSSR count). The van der Waals surface area contributed by atoms with Crippen LogP contribution in [-0.4, -0.2) is 43.4 Å². The lowest BCUT2D eigenvalue weighted by molar-refractivity contribution is -0.125. The SMILES string of the molecule is CCC(C)NC(=O)CCNC(=O)CNC(=O)CN. The van der Waals surface area contributed by atoms with Gasteiger partial charge in [0.1, 0.15) is 0 Å². The fourth-order valence-electron chi connectivity index (χ4n) is 1.08. The van der Waals surface area contributed by atoms with Crippen LogP contribution < -0.4 is 21.7 Å². The standard InChI is InChI=1S/C11H22N4O3/c1-3-8(2)15-9(16)4-5-13-11(18)7-14-10(17)6-12/h8H,3-7,12H2,1-2H3,(H,13,18)(H,14,17)(H,15,16). The molecule has 0 fully saturated rings. The summed E-state index contributed by atoms with van der Waals surface area (Å²) in [5, 5.41) is 7.65. The zero-order valence-electron chi connectivity index (χ0n) is 10.9. The third-order valence-corrected chi connectivity index (χ3v) is 2.33. The summed E-state index contributed by atoms with van der Waals surface area (Å²) in [5.74, 6) is -0.830. The molecule has 3 amide bonds. The molecule has 7 nitrogen and oxygen atoms in total. The first kappa shape index (κ1) is 16.4. The largest absolute Gasteiger partial charge is 0.354 e. The number of rotatable bonds is 8. The van der Waals surface area contributed by atoms with Gasteiger partial charge < -0.3 is 21.7 Å². The summed E-state index contributed by atoms with van der Waals surface area (Å²) in [4.78, 5) is 33.4. The van der Waals surface area contributed by atoms with Gasteiger partial charge in [0.2, 0.25) is 17.7 Å². The van der Waals surface area contributed by atoms with Gasteiger partial charge in [0.15, 0.2) is 0 Å². The average molecular weight is 258 g/mol. The van der Waals surface area contributed by atoms with Crippen molar-refractivity contribution in [2.75, 3.05) is 19.6 Å². The van der Waals surface area contributed by atoms with Crippen LogP contribution in [0, 0.1) is 0 Å². The number of nitrogens with two attached hydrogens (primary N) is 1. The molecule has 0 aromatic heterocycles. The molecule has 104 valence electrons. The second kappa shape index (κ2) is 9.41. The zero-order valence-corrected chi connectivity index (χ0v) is 10.9. The molecule has 1 unspecified atom stereocenters. The highest BCUT2D eigenvalue weighted by Gasteiger charge is 2.07. The molecule has 0 aromatic rings. The minimum atomic E-state index is -0.389. The van der Waals surface area contributed by atoms with Gasteiger partial charge in [-0.3, -0.25) is 14.4 Å². The van der Waals surface area contributed by atoms with Gasteiger partial charge in [0.05, 0.1) is 13.1 Å². The van der Waals surface area contributed by atoms with E-state index in [-0.39, 0.29) is 49.8 Å². The van der Waals surface area contributed by atoms with Crippen LogP contribution in [0.4, 0.5) is 0 Å². The molecule has 0 bridgehead atoms. The van der Waals surface area contributed by atoms with Crippen molar-refractivity contribution in [3.8, 4) is 0 Å². The second-order valence-corrected chi connectivity index (χ2v) is 3.96. The lowest BCUT2D eigenvalue weighted by atomic mass is 10.2. The van der Waals surface area contributed by atoms with E-state index in [4.69, 9.17) is 5.73 Å². The normalized spacial score (nSPS) is 11.5. The van der Waals surface area contributed by atoms with Crippen molar-refractivity contribution in [1.82, 2.24) is 16.0 Å². The summed E-state index contributed by atoms with van der Waals surface area (Å²) in [5.41, 5.74) is 5.06. The van der Waals surface area contributed by atoms with E-state index in [0.717, 1.165) is 6.42 Å². The topological polar surface area (TPSA) is 113 Å². The molecule has 0 saturated heterocycles. The van der Waals surface area contributed by atoms with Gasteiger partial charge in [-0.2, -0.15) is 0 Å². The Kier molecular flexibility index (Phi) is 8.55. The number of carbonyl (C=O) groups is 3. The number of nitrogens with one attached hydrogen (secondary N) is 3. The molecular formula is C11H22N4O3. The van der Waals surface area contributed by atoms with E-state index in [2.05, 4.69) is 16.0 Å². The second-order valence-electron chi connectivity index (χ2n) is 3.96. The highest BCUT2D eigenvalue weighted by Crippen LogP contribution is 1.88. The van der Waals surface area contributed by atoms with Crippen LogP contribution in [0.5, 0.6) is 0 Å². The Balaban J connectivity index is 3.62. The van der Waals surface area contributed by atoms with Crippen molar-refractivity contribution in [1.29, 1.82) is 0 Å². The summed E-state index contributed by atoms with van der Waals surface area (Å²) < 4.78 is 0. The third-order valence-electron chi connectivity index (χ3n) is 2.33. The van der Waals surface area contributed by atoms with Crippen LogP contribution in [0.1, 0.15) is 26.7 Å². The lowest BCUT2D eigenvalue weighted by Crippen LogP contribution is -2.41. The van der Waals surface area contributed by atoms with Crippen molar-refractivity contribution in [2.45, 2.75) is 32.7 Å². The van der Waals surface area contributed by atoms with Crippen molar-refractivity contribution in [3.05, 3.63) is 0 Å². The molecule has 0 saturated carbocycles. The maximum atomic E-state index is 11.4. The Morgan fingerprint density at radius 3 is 2.33 bits per heavy atom. The first-order chi connectivity index (χ1) is 8.49. The van der Waals surface area contributed by atoms with Gasteiger partial charge in [-0.25, -0.2) is 0 Å². The number of hydrogen-bond donors (Lipinski definition) is 4. The van der Waals surface area contributed by atoms with Gasteiger partial charge in [0, 0.05) is 19.0 Å². The van der Waals surface area contributed by atoms with Crippen LogP contribution in [-0.2, 0) is 14.4 Å². The van der Waals surface area contributed by atoms with E-state index in [1.807, 2.05) is 13.8 Å². The van der Waals surface area contributed by atoms with E-state index in [9.17, 15) is 14.4 Å². The number of hydrogen-bond acceptors (Lipinski definition) is 4. The monoisotopic (exact) mass is 258 g/mol. The lowest BCUT2D eigenvalue weighted by Gasteiger charge is -2.11. The van der Waals surface area contributed by atoms with Gasteiger partial charge in [-0.05, 0) is 13.3 Å². The minimum Gasteiger partial charge on any atom is -0.354 e. The van der Waals surface area contributed by atoms with Gasteiger partial charge >= 0.3 is 0 Å². The summed E-state index contributed by atoms with van der Waals surface area (Å²) in [6.45, 7) is 3.87. The van der Waals surface area contributed by atoms with Crippen LogP contribution in [0.3, 0.4) is 0 Å². The fraction of sp³-hybridized carbons (Fsp3) is 0.727. The Bertz CT molecular complexity index is 294. The summed E-state index contributed by atoms with van der Waals surface area (Å²) >= 11 is 0. The molecule has 0 aliphatic rings. The zero-order chi connectivity index (χ0) is 14.0. The highest BCUT2D eigenvalue weighted by molar-refractivity contribution is 5.85. The molecule has 0 aliphatic carbocycles. The summed E-state index contributed by atoms with van der Waals surface area (Å²) in [6, 6.07) is 0.136. The van der Waals surface area contributed by atoms with Crippen LogP contribution >= 0.6 is 0 Å². The molecular weight excluding hydrogens is 236 g/mol. The molecule has 0 aliphatic heterocycles.